The molecule has 0 saturated carbocycles. The van der Waals surface area contributed by atoms with Crippen LogP contribution in [0.15, 0.2) is 205 Å². The lowest BCUT2D eigenvalue weighted by Crippen LogP contribution is -2.74. The predicted octanol–water partition coefficient (Wildman–Crippen LogP) is 10.00. The zero-order chi connectivity index (χ0) is 38.2. The Morgan fingerprint density at radius 3 is 2.05 bits per heavy atom. The van der Waals surface area contributed by atoms with E-state index in [1.165, 1.54) is 53.5 Å². The Labute approximate surface area is 337 Å². The minimum atomic E-state index is -2.91. The molecule has 1 aliphatic carbocycles. The summed E-state index contributed by atoms with van der Waals surface area (Å²) in [6.45, 7) is 0. The maximum atomic E-state index is 6.66. The molecule has 0 N–H and O–H groups in total. The number of furan rings is 1. The van der Waals surface area contributed by atoms with Crippen molar-refractivity contribution in [2.75, 3.05) is 10.0 Å². The summed E-state index contributed by atoms with van der Waals surface area (Å²) in [5.41, 5.74) is 9.07. The monoisotopic (exact) mass is 762 g/mol. The van der Waals surface area contributed by atoms with E-state index in [4.69, 9.17) is 4.42 Å². The van der Waals surface area contributed by atoms with Gasteiger partial charge in [-0.15, -0.1) is 0 Å². The summed E-state index contributed by atoms with van der Waals surface area (Å²) in [6.07, 6.45) is 14.8. The van der Waals surface area contributed by atoms with Gasteiger partial charge in [-0.3, -0.25) is 0 Å². The summed E-state index contributed by atoms with van der Waals surface area (Å²) in [5, 5.41) is 15.6. The van der Waals surface area contributed by atoms with Crippen LogP contribution in [0, 0.1) is 0 Å². The number of aryl methyl sites for hydroxylation is 1. The van der Waals surface area contributed by atoms with Crippen molar-refractivity contribution in [2.45, 2.75) is 12.8 Å². The maximum Gasteiger partial charge on any atom is 0.179 e. The van der Waals surface area contributed by atoms with Gasteiger partial charge in [0.15, 0.2) is 8.07 Å². The molecule has 0 radical (unpaired) electrons. The third kappa shape index (κ3) is 4.76. The number of hydrazine groups is 2. The molecule has 9 aromatic rings. The third-order valence-corrected chi connectivity index (χ3v) is 17.0. The van der Waals surface area contributed by atoms with Crippen molar-refractivity contribution in [2.24, 2.45) is 0 Å². The van der Waals surface area contributed by atoms with E-state index >= 15 is 0 Å². The van der Waals surface area contributed by atoms with Gasteiger partial charge in [0.2, 0.25) is 0 Å². The van der Waals surface area contributed by atoms with E-state index in [0.717, 1.165) is 46.9 Å². The molecule has 0 saturated heterocycles. The molecule has 0 unspecified atom stereocenters. The molecular weight excluding hydrogens is 725 g/mol. The van der Waals surface area contributed by atoms with Gasteiger partial charge in [-0.25, -0.2) is 10.0 Å². The number of benzene rings is 7. The summed E-state index contributed by atoms with van der Waals surface area (Å²) in [7, 11) is -2.91. The number of rotatable bonds is 6. The average Bonchev–Trinajstić information content (AvgIpc) is 3.95. The van der Waals surface area contributed by atoms with E-state index in [2.05, 4.69) is 226 Å². The van der Waals surface area contributed by atoms with Crippen molar-refractivity contribution in [1.29, 1.82) is 0 Å². The van der Waals surface area contributed by atoms with E-state index in [-0.39, 0.29) is 0 Å². The Morgan fingerprint density at radius 1 is 0.500 bits per heavy atom. The fourth-order valence-electron chi connectivity index (χ4n) is 9.77. The second kappa shape index (κ2) is 12.9. The first-order chi connectivity index (χ1) is 28.8. The standard InChI is InChI=1S/C52H38N4OSi/c1-3-17-39(18-4-1)58(40-19-5-2-6-20-40,42-29-30-45-44-23-8-12-27-51(44)57-52(45)36-42)41-21-15-16-37(34-41)55-47-24-9-7-22-43(47)46-35-38(28-31-48(46)55)56-50-26-11-10-25-49(50)53-32-13-14-33-54(53)56/h1-11,13-26,28-36H,12,27H2. The number of anilines is 3. The lowest BCUT2D eigenvalue weighted by atomic mass is 10.0. The SMILES string of the molecule is C1=CN2c3ccccc3N(c3ccc4c(c3)c3ccccc3n4-c3cccc([Si](c4ccccc4)(c4ccccc4)c4ccc5c6c(oc5c4)CCC=C6)c3)N2C=C1. The maximum absolute atomic E-state index is 6.66. The van der Waals surface area contributed by atoms with Crippen LogP contribution in [-0.2, 0) is 6.42 Å². The summed E-state index contributed by atoms with van der Waals surface area (Å²) in [5.74, 6) is 1.09. The molecule has 0 fully saturated rings. The largest absolute Gasteiger partial charge is 0.460 e. The highest BCUT2D eigenvalue weighted by molar-refractivity contribution is 7.20. The molecule has 0 bridgehead atoms. The molecule has 2 aliphatic heterocycles. The van der Waals surface area contributed by atoms with Crippen LogP contribution in [0.4, 0.5) is 17.1 Å². The first-order valence-electron chi connectivity index (χ1n) is 20.1. The van der Waals surface area contributed by atoms with E-state index in [9.17, 15) is 0 Å². The molecule has 58 heavy (non-hydrogen) atoms. The van der Waals surface area contributed by atoms with Crippen molar-refractivity contribution in [3.63, 3.8) is 0 Å². The van der Waals surface area contributed by atoms with Crippen molar-refractivity contribution in [3.8, 4) is 5.69 Å². The van der Waals surface area contributed by atoms with E-state index in [1.54, 1.807) is 0 Å². The Hall–Kier alpha value is -7.28. The zero-order valence-corrected chi connectivity index (χ0v) is 32.7. The molecule has 7 aromatic carbocycles. The number of aromatic nitrogens is 1. The lowest BCUT2D eigenvalue weighted by Gasteiger charge is -2.34. The van der Waals surface area contributed by atoms with Crippen molar-refractivity contribution in [3.05, 3.63) is 212 Å². The van der Waals surface area contributed by atoms with Crippen LogP contribution >= 0.6 is 0 Å². The quantitative estimate of drug-likeness (QED) is 0.125. The Morgan fingerprint density at radius 2 is 1.21 bits per heavy atom. The van der Waals surface area contributed by atoms with E-state index < -0.39 is 8.07 Å². The van der Waals surface area contributed by atoms with Crippen LogP contribution in [0.3, 0.4) is 0 Å². The Kier molecular flexibility index (Phi) is 7.31. The molecule has 3 aliphatic rings. The number of hydrogen-bond acceptors (Lipinski definition) is 4. The van der Waals surface area contributed by atoms with Crippen molar-refractivity contribution >= 4 is 84.7 Å². The van der Waals surface area contributed by atoms with Gasteiger partial charge in [0.05, 0.1) is 28.1 Å². The topological polar surface area (TPSA) is 27.8 Å². The smallest absolute Gasteiger partial charge is 0.179 e. The van der Waals surface area contributed by atoms with E-state index in [1.807, 2.05) is 0 Å². The summed E-state index contributed by atoms with van der Waals surface area (Å²) >= 11 is 0. The molecular formula is C52H38N4OSi. The van der Waals surface area contributed by atoms with E-state index in [0.29, 0.717) is 0 Å². The number of allylic oxidation sites excluding steroid dienone is 3. The fraction of sp³-hybridized carbons (Fsp3) is 0.0385. The van der Waals surface area contributed by atoms with Crippen molar-refractivity contribution in [1.82, 2.24) is 9.69 Å². The molecule has 12 rings (SSSR count). The molecule has 4 heterocycles. The van der Waals surface area contributed by atoms with Gasteiger partial charge in [-0.1, -0.05) is 127 Å². The highest BCUT2D eigenvalue weighted by atomic mass is 28.3. The van der Waals surface area contributed by atoms with Gasteiger partial charge >= 0.3 is 0 Å². The lowest BCUT2D eigenvalue weighted by molar-refractivity contribution is 0.408. The predicted molar refractivity (Wildman–Crippen MR) is 243 cm³/mol. The summed E-state index contributed by atoms with van der Waals surface area (Å²) < 4.78 is 9.11. The second-order valence-corrected chi connectivity index (χ2v) is 19.1. The van der Waals surface area contributed by atoms with Crippen molar-refractivity contribution < 1.29 is 4.42 Å². The molecule has 5 nitrogen and oxygen atoms in total. The molecule has 0 spiro atoms. The van der Waals surface area contributed by atoms with Crippen LogP contribution in [0.2, 0.25) is 0 Å². The highest BCUT2D eigenvalue weighted by Crippen LogP contribution is 2.46. The van der Waals surface area contributed by atoms with Crippen LogP contribution in [0.5, 0.6) is 0 Å². The van der Waals surface area contributed by atoms with Gasteiger partial charge < -0.3 is 8.98 Å². The molecule has 0 amide bonds. The third-order valence-electron chi connectivity index (χ3n) is 12.3. The van der Waals surface area contributed by atoms with Crippen LogP contribution in [0.25, 0.3) is 44.5 Å². The highest BCUT2D eigenvalue weighted by Gasteiger charge is 2.42. The van der Waals surface area contributed by atoms with Crippen LogP contribution in [-0.4, -0.2) is 17.8 Å². The van der Waals surface area contributed by atoms with Crippen LogP contribution < -0.4 is 30.8 Å². The number of fused-ring (bicyclic) bond motifs is 9. The van der Waals surface area contributed by atoms with Gasteiger partial charge in [-0.05, 0) is 93.9 Å². The van der Waals surface area contributed by atoms with Gasteiger partial charge in [0.1, 0.15) is 11.3 Å². The van der Waals surface area contributed by atoms with Gasteiger partial charge in [0.25, 0.3) is 0 Å². The first kappa shape index (κ1) is 32.9. The minimum absolute atomic E-state index is 0.939. The second-order valence-electron chi connectivity index (χ2n) is 15.3. The average molecular weight is 763 g/mol. The van der Waals surface area contributed by atoms with Gasteiger partial charge in [-0.2, -0.15) is 5.12 Å². The number of nitrogens with zero attached hydrogens (tertiary/aromatic N) is 4. The van der Waals surface area contributed by atoms with Gasteiger partial charge in [0, 0.05) is 46.2 Å². The minimum Gasteiger partial charge on any atom is -0.460 e. The zero-order valence-electron chi connectivity index (χ0n) is 31.7. The fourth-order valence-corrected chi connectivity index (χ4v) is 14.5. The normalized spacial score (nSPS) is 14.4. The summed E-state index contributed by atoms with van der Waals surface area (Å²) in [6, 6.07) is 63.1. The molecule has 6 heteroatoms. The molecule has 2 aromatic heterocycles. The molecule has 0 atom stereocenters. The Bertz CT molecular complexity index is 3120. The van der Waals surface area contributed by atoms with Crippen LogP contribution in [0.1, 0.15) is 17.7 Å². The Balaban J connectivity index is 1.08. The summed E-state index contributed by atoms with van der Waals surface area (Å²) in [4.78, 5) is 0. The molecule has 276 valence electrons. The number of hydrogen-bond donors (Lipinski definition) is 0. The first-order valence-corrected chi connectivity index (χ1v) is 22.1. The number of para-hydroxylation sites is 3.